The van der Waals surface area contributed by atoms with Crippen molar-refractivity contribution in [3.63, 3.8) is 0 Å². The van der Waals surface area contributed by atoms with E-state index >= 15 is 0 Å². The second kappa shape index (κ2) is 4.87. The van der Waals surface area contributed by atoms with Crippen molar-refractivity contribution in [1.29, 1.82) is 0 Å². The van der Waals surface area contributed by atoms with E-state index in [1.165, 1.54) is 19.2 Å². The first-order valence-corrected chi connectivity index (χ1v) is 5.97. The fourth-order valence-electron chi connectivity index (χ4n) is 2.23. The fourth-order valence-corrected chi connectivity index (χ4v) is 2.23. The third-order valence-electron chi connectivity index (χ3n) is 3.45. The van der Waals surface area contributed by atoms with Crippen LogP contribution >= 0.6 is 0 Å². The number of aliphatic hydroxyl groups is 1. The molecule has 0 aliphatic carbocycles. The molecule has 0 saturated carbocycles. The molecule has 2 heterocycles. The maximum Gasteiger partial charge on any atom is 0.351 e. The van der Waals surface area contributed by atoms with E-state index in [0.29, 0.717) is 6.42 Å². The molecule has 7 nitrogen and oxygen atoms in total. The summed E-state index contributed by atoms with van der Waals surface area (Å²) in [4.78, 5) is 15.2. The smallest absolute Gasteiger partial charge is 0.351 e. The number of nitrogens with one attached hydrogen (secondary N) is 1. The highest BCUT2D eigenvalue weighted by molar-refractivity contribution is 5.28. The fraction of sp³-hybridized carbons (Fsp3) is 0.636. The molecule has 1 aliphatic heterocycles. The van der Waals surface area contributed by atoms with Gasteiger partial charge in [0.2, 0.25) is 0 Å². The van der Waals surface area contributed by atoms with Gasteiger partial charge in [0.15, 0.2) is 12.0 Å². The van der Waals surface area contributed by atoms with Crippen LogP contribution in [0.1, 0.15) is 26.5 Å². The maximum atomic E-state index is 14.3. The highest BCUT2D eigenvalue weighted by Gasteiger charge is 2.55. The largest absolute Gasteiger partial charge is 0.358 e. The van der Waals surface area contributed by atoms with Crippen LogP contribution in [-0.4, -0.2) is 31.8 Å². The number of rotatable bonds is 3. The summed E-state index contributed by atoms with van der Waals surface area (Å²) in [6.07, 6.45) is -0.210. The first-order valence-electron chi connectivity index (χ1n) is 5.97. The Kier molecular flexibility index (Phi) is 3.57. The van der Waals surface area contributed by atoms with Crippen molar-refractivity contribution in [2.45, 2.75) is 38.5 Å². The van der Waals surface area contributed by atoms with E-state index in [9.17, 15) is 14.3 Å². The lowest BCUT2D eigenvalue weighted by Gasteiger charge is -2.24. The van der Waals surface area contributed by atoms with Crippen LogP contribution in [0.3, 0.4) is 0 Å². The predicted octanol–water partition coefficient (Wildman–Crippen LogP) is 0.646. The molecule has 0 spiro atoms. The highest BCUT2D eigenvalue weighted by atomic mass is 19.2. The van der Waals surface area contributed by atoms with Crippen LogP contribution < -0.4 is 11.2 Å². The molecule has 1 saturated heterocycles. The second-order valence-electron chi connectivity index (χ2n) is 4.57. The standard InChI is InChI=1S/C11H16FN3O4/c1-3-7-6(2)11(12,17)9(19-7)15-5-4-8(14-18)13-10(15)16/h4-7,9,17-18H,3H2,1-2H3,(H,13,14,16)/t6-,7+,9+,11?/m0/s1. The molecule has 0 bridgehead atoms. The lowest BCUT2D eigenvalue weighted by atomic mass is 9.96. The molecule has 3 N–H and O–H groups in total. The van der Waals surface area contributed by atoms with Crippen molar-refractivity contribution < 1.29 is 19.4 Å². The summed E-state index contributed by atoms with van der Waals surface area (Å²) in [5.41, 5.74) is 0.884. The zero-order chi connectivity index (χ0) is 14.2. The summed E-state index contributed by atoms with van der Waals surface area (Å²) in [6.45, 7) is 3.33. The van der Waals surface area contributed by atoms with Crippen molar-refractivity contribution in [3.05, 3.63) is 22.7 Å². The summed E-state index contributed by atoms with van der Waals surface area (Å²) >= 11 is 0. The summed E-state index contributed by atoms with van der Waals surface area (Å²) in [7, 11) is 0. The average Bonchev–Trinajstić information content (AvgIpc) is 2.61. The van der Waals surface area contributed by atoms with Crippen LogP contribution in [0.4, 0.5) is 10.2 Å². The Balaban J connectivity index is 2.39. The Hall–Kier alpha value is -1.51. The normalized spacial score (nSPS) is 34.5. The van der Waals surface area contributed by atoms with E-state index in [-0.39, 0.29) is 5.82 Å². The van der Waals surface area contributed by atoms with Crippen LogP contribution in [0.5, 0.6) is 0 Å². The number of alkyl halides is 1. The minimum atomic E-state index is -2.65. The average molecular weight is 273 g/mol. The lowest BCUT2D eigenvalue weighted by molar-refractivity contribution is -0.180. The molecule has 106 valence electrons. The molecule has 1 unspecified atom stereocenters. The van der Waals surface area contributed by atoms with Gasteiger partial charge in [-0.15, -0.1) is 0 Å². The monoisotopic (exact) mass is 273 g/mol. The van der Waals surface area contributed by atoms with Gasteiger partial charge in [0.05, 0.1) is 6.10 Å². The zero-order valence-corrected chi connectivity index (χ0v) is 10.6. The third-order valence-corrected chi connectivity index (χ3v) is 3.45. The number of hydrogen-bond acceptors (Lipinski definition) is 6. The molecule has 2 rings (SSSR count). The molecular formula is C11H16FN3O4. The Morgan fingerprint density at radius 1 is 1.68 bits per heavy atom. The number of anilines is 1. The number of ether oxygens (including phenoxy) is 1. The summed E-state index contributed by atoms with van der Waals surface area (Å²) in [6, 6.07) is 1.27. The molecule has 0 radical (unpaired) electrons. The number of halogens is 1. The minimum Gasteiger partial charge on any atom is -0.358 e. The van der Waals surface area contributed by atoms with Crippen molar-refractivity contribution in [2.75, 3.05) is 5.48 Å². The van der Waals surface area contributed by atoms with Gasteiger partial charge >= 0.3 is 5.69 Å². The Labute approximate surface area is 108 Å². The van der Waals surface area contributed by atoms with Gasteiger partial charge in [0.1, 0.15) is 0 Å². The molecule has 4 atom stereocenters. The molecule has 1 aliphatic rings. The van der Waals surface area contributed by atoms with E-state index in [4.69, 9.17) is 9.94 Å². The first kappa shape index (κ1) is 13.9. The van der Waals surface area contributed by atoms with E-state index < -0.39 is 29.8 Å². The van der Waals surface area contributed by atoms with Crippen molar-refractivity contribution in [1.82, 2.24) is 9.55 Å². The van der Waals surface area contributed by atoms with Crippen molar-refractivity contribution >= 4 is 5.82 Å². The summed E-state index contributed by atoms with van der Waals surface area (Å²) < 4.78 is 20.6. The topological polar surface area (TPSA) is 96.6 Å². The van der Waals surface area contributed by atoms with Gasteiger partial charge in [0, 0.05) is 12.1 Å². The number of hydrogen-bond donors (Lipinski definition) is 3. The van der Waals surface area contributed by atoms with E-state index in [2.05, 4.69) is 4.98 Å². The molecule has 8 heteroatoms. The van der Waals surface area contributed by atoms with Gasteiger partial charge in [-0.2, -0.15) is 4.98 Å². The summed E-state index contributed by atoms with van der Waals surface area (Å²) in [5, 5.41) is 18.5. The van der Waals surface area contributed by atoms with E-state index in [1.54, 1.807) is 12.4 Å². The van der Waals surface area contributed by atoms with Crippen molar-refractivity contribution in [3.8, 4) is 0 Å². The number of nitrogens with zero attached hydrogens (tertiary/aromatic N) is 2. The molecule has 1 aromatic rings. The third kappa shape index (κ3) is 2.22. The molecule has 0 aromatic carbocycles. The van der Waals surface area contributed by atoms with E-state index in [0.717, 1.165) is 4.57 Å². The van der Waals surface area contributed by atoms with Crippen LogP contribution in [0.25, 0.3) is 0 Å². The molecular weight excluding hydrogens is 257 g/mol. The highest BCUT2D eigenvalue weighted by Crippen LogP contribution is 2.43. The first-order chi connectivity index (χ1) is 8.91. The minimum absolute atomic E-state index is 0.0678. The maximum absolute atomic E-state index is 14.3. The van der Waals surface area contributed by atoms with Gasteiger partial charge in [0.25, 0.3) is 5.85 Å². The summed E-state index contributed by atoms with van der Waals surface area (Å²) in [5.74, 6) is -3.48. The number of aromatic nitrogens is 2. The lowest BCUT2D eigenvalue weighted by Crippen LogP contribution is -2.40. The Morgan fingerprint density at radius 2 is 2.37 bits per heavy atom. The van der Waals surface area contributed by atoms with Crippen molar-refractivity contribution in [2.24, 2.45) is 5.92 Å². The van der Waals surface area contributed by atoms with Gasteiger partial charge in [-0.3, -0.25) is 15.3 Å². The second-order valence-corrected chi connectivity index (χ2v) is 4.57. The Morgan fingerprint density at radius 3 is 2.84 bits per heavy atom. The van der Waals surface area contributed by atoms with Gasteiger partial charge in [-0.25, -0.2) is 9.18 Å². The van der Waals surface area contributed by atoms with Crippen LogP contribution in [0.2, 0.25) is 0 Å². The van der Waals surface area contributed by atoms with Gasteiger partial charge < -0.3 is 9.84 Å². The zero-order valence-electron chi connectivity index (χ0n) is 10.6. The van der Waals surface area contributed by atoms with Gasteiger partial charge in [-0.05, 0) is 12.5 Å². The van der Waals surface area contributed by atoms with Crippen LogP contribution in [0.15, 0.2) is 17.1 Å². The molecule has 19 heavy (non-hydrogen) atoms. The predicted molar refractivity (Wildman–Crippen MR) is 63.3 cm³/mol. The Bertz CT molecular complexity index is 519. The van der Waals surface area contributed by atoms with Crippen LogP contribution in [0, 0.1) is 5.92 Å². The molecule has 0 amide bonds. The molecule has 1 fully saturated rings. The van der Waals surface area contributed by atoms with Gasteiger partial charge in [-0.1, -0.05) is 13.8 Å². The quantitative estimate of drug-likeness (QED) is 0.700. The molecule has 1 aromatic heterocycles. The van der Waals surface area contributed by atoms with Crippen LogP contribution in [-0.2, 0) is 4.74 Å². The SMILES string of the molecule is CC[C@H]1O[C@@H](n2ccc(NO)nc2=O)C(O)(F)[C@H]1C. The van der Waals surface area contributed by atoms with E-state index in [1.807, 2.05) is 0 Å².